The van der Waals surface area contributed by atoms with Crippen LogP contribution < -0.4 is 0 Å². The van der Waals surface area contributed by atoms with Gasteiger partial charge in [0, 0.05) is 6.42 Å². The molecule has 1 nitrogen and oxygen atoms in total. The SMILES string of the molecule is C=C[C@@H](C)[C@@H]1CC2=CC(=O)C[C@@H]2[C@@H]1C. The summed E-state index contributed by atoms with van der Waals surface area (Å²) in [6.07, 6.45) is 5.81. The molecule has 0 aromatic heterocycles. The van der Waals surface area contributed by atoms with Crippen LogP contribution in [-0.2, 0) is 4.79 Å². The molecule has 0 aromatic rings. The number of hydrogen-bond donors (Lipinski definition) is 0. The Hall–Kier alpha value is -0.850. The second kappa shape index (κ2) is 3.38. The van der Waals surface area contributed by atoms with Gasteiger partial charge in [0.1, 0.15) is 0 Å². The molecule has 0 saturated heterocycles. The number of carbonyl (C=O) groups is 1. The largest absolute Gasteiger partial charge is 0.295 e. The maximum Gasteiger partial charge on any atom is 0.156 e. The van der Waals surface area contributed by atoms with E-state index in [4.69, 9.17) is 0 Å². The summed E-state index contributed by atoms with van der Waals surface area (Å²) < 4.78 is 0. The van der Waals surface area contributed by atoms with Gasteiger partial charge in [0.15, 0.2) is 5.78 Å². The smallest absolute Gasteiger partial charge is 0.156 e. The van der Waals surface area contributed by atoms with E-state index in [2.05, 4.69) is 20.4 Å². The molecule has 2 aliphatic carbocycles. The predicted molar refractivity (Wildman–Crippen MR) is 57.8 cm³/mol. The molecule has 2 aliphatic rings. The topological polar surface area (TPSA) is 17.1 Å². The fourth-order valence-corrected chi connectivity index (χ4v) is 3.05. The van der Waals surface area contributed by atoms with Gasteiger partial charge in [-0.2, -0.15) is 0 Å². The third-order valence-electron chi connectivity index (χ3n) is 4.07. The monoisotopic (exact) mass is 190 g/mol. The van der Waals surface area contributed by atoms with Crippen molar-refractivity contribution in [2.24, 2.45) is 23.7 Å². The Labute approximate surface area is 85.9 Å². The highest BCUT2D eigenvalue weighted by Crippen LogP contribution is 2.48. The van der Waals surface area contributed by atoms with Crippen LogP contribution in [0.4, 0.5) is 0 Å². The Balaban J connectivity index is 2.18. The standard InChI is InChI=1S/C13H18O/c1-4-8(2)12-6-10-5-11(14)7-13(10)9(12)3/h4-5,8-9,12-13H,1,6-7H2,2-3H3/t8-,9-,12+,13-/m1/s1. The first-order chi connectivity index (χ1) is 6.63. The molecule has 0 aliphatic heterocycles. The summed E-state index contributed by atoms with van der Waals surface area (Å²) in [4.78, 5) is 11.3. The van der Waals surface area contributed by atoms with Gasteiger partial charge in [-0.3, -0.25) is 4.79 Å². The minimum absolute atomic E-state index is 0.335. The van der Waals surface area contributed by atoms with Crippen LogP contribution in [0.1, 0.15) is 26.7 Å². The quantitative estimate of drug-likeness (QED) is 0.612. The third kappa shape index (κ3) is 1.35. The van der Waals surface area contributed by atoms with Crippen molar-refractivity contribution in [1.29, 1.82) is 0 Å². The van der Waals surface area contributed by atoms with Crippen molar-refractivity contribution in [3.8, 4) is 0 Å². The maximum absolute atomic E-state index is 11.3. The number of allylic oxidation sites excluding steroid dienone is 3. The summed E-state index contributed by atoms with van der Waals surface area (Å²) in [5, 5.41) is 0. The van der Waals surface area contributed by atoms with Gasteiger partial charge in [0.25, 0.3) is 0 Å². The average Bonchev–Trinajstić information content (AvgIpc) is 2.64. The first-order valence-corrected chi connectivity index (χ1v) is 5.49. The molecular formula is C13H18O. The van der Waals surface area contributed by atoms with E-state index in [1.165, 1.54) is 5.57 Å². The first-order valence-electron chi connectivity index (χ1n) is 5.49. The maximum atomic E-state index is 11.3. The Kier molecular flexibility index (Phi) is 2.34. The zero-order valence-corrected chi connectivity index (χ0v) is 8.99. The average molecular weight is 190 g/mol. The minimum Gasteiger partial charge on any atom is -0.295 e. The Morgan fingerprint density at radius 1 is 1.57 bits per heavy atom. The van der Waals surface area contributed by atoms with Crippen molar-refractivity contribution in [2.75, 3.05) is 0 Å². The van der Waals surface area contributed by atoms with Crippen molar-refractivity contribution in [2.45, 2.75) is 26.7 Å². The van der Waals surface area contributed by atoms with Gasteiger partial charge in [0.05, 0.1) is 0 Å². The zero-order valence-electron chi connectivity index (χ0n) is 8.99. The van der Waals surface area contributed by atoms with Gasteiger partial charge in [-0.1, -0.05) is 25.5 Å². The van der Waals surface area contributed by atoms with Crippen molar-refractivity contribution in [3.63, 3.8) is 0 Å². The Morgan fingerprint density at radius 2 is 2.29 bits per heavy atom. The molecule has 1 fully saturated rings. The van der Waals surface area contributed by atoms with E-state index < -0.39 is 0 Å². The van der Waals surface area contributed by atoms with Gasteiger partial charge in [-0.25, -0.2) is 0 Å². The van der Waals surface area contributed by atoms with E-state index in [0.29, 0.717) is 29.5 Å². The summed E-state index contributed by atoms with van der Waals surface area (Å²) in [6.45, 7) is 8.38. The van der Waals surface area contributed by atoms with E-state index in [0.717, 1.165) is 12.8 Å². The van der Waals surface area contributed by atoms with Gasteiger partial charge >= 0.3 is 0 Å². The molecule has 0 unspecified atom stereocenters. The summed E-state index contributed by atoms with van der Waals surface area (Å²) in [5.41, 5.74) is 1.40. The summed E-state index contributed by atoms with van der Waals surface area (Å²) in [5.74, 6) is 2.82. The van der Waals surface area contributed by atoms with E-state index in [1.807, 2.05) is 12.2 Å². The van der Waals surface area contributed by atoms with Crippen molar-refractivity contribution in [1.82, 2.24) is 0 Å². The summed E-state index contributed by atoms with van der Waals surface area (Å²) >= 11 is 0. The minimum atomic E-state index is 0.335. The Morgan fingerprint density at radius 3 is 2.86 bits per heavy atom. The first kappa shape index (κ1) is 9.70. The molecule has 0 heterocycles. The lowest BCUT2D eigenvalue weighted by Gasteiger charge is -2.22. The molecule has 2 rings (SSSR count). The van der Waals surface area contributed by atoms with Crippen LogP contribution in [0.2, 0.25) is 0 Å². The third-order valence-corrected chi connectivity index (χ3v) is 4.07. The molecule has 76 valence electrons. The van der Waals surface area contributed by atoms with E-state index in [1.54, 1.807) is 0 Å². The molecule has 0 spiro atoms. The lowest BCUT2D eigenvalue weighted by Crippen LogP contribution is -2.17. The van der Waals surface area contributed by atoms with Crippen LogP contribution in [0.5, 0.6) is 0 Å². The van der Waals surface area contributed by atoms with Crippen LogP contribution in [0.3, 0.4) is 0 Å². The van der Waals surface area contributed by atoms with E-state index in [-0.39, 0.29) is 0 Å². The normalized spacial score (nSPS) is 38.0. The highest BCUT2D eigenvalue weighted by atomic mass is 16.1. The molecular weight excluding hydrogens is 172 g/mol. The second-order valence-electron chi connectivity index (χ2n) is 4.82. The van der Waals surface area contributed by atoms with Crippen molar-refractivity contribution in [3.05, 3.63) is 24.3 Å². The number of rotatable bonds is 2. The van der Waals surface area contributed by atoms with Gasteiger partial charge < -0.3 is 0 Å². The van der Waals surface area contributed by atoms with Crippen LogP contribution in [0, 0.1) is 23.7 Å². The molecule has 4 atom stereocenters. The fourth-order valence-electron chi connectivity index (χ4n) is 3.05. The van der Waals surface area contributed by atoms with Crippen LogP contribution in [0.25, 0.3) is 0 Å². The van der Waals surface area contributed by atoms with Gasteiger partial charge in [0.2, 0.25) is 0 Å². The fraction of sp³-hybridized carbons (Fsp3) is 0.615. The van der Waals surface area contributed by atoms with Crippen LogP contribution in [0.15, 0.2) is 24.3 Å². The van der Waals surface area contributed by atoms with E-state index >= 15 is 0 Å². The zero-order chi connectivity index (χ0) is 10.3. The second-order valence-corrected chi connectivity index (χ2v) is 4.82. The number of hydrogen-bond acceptors (Lipinski definition) is 1. The molecule has 0 radical (unpaired) electrons. The van der Waals surface area contributed by atoms with Crippen molar-refractivity contribution >= 4 is 5.78 Å². The molecule has 1 heteroatoms. The number of fused-ring (bicyclic) bond motifs is 1. The number of carbonyl (C=O) groups excluding carboxylic acids is 1. The summed E-state index contributed by atoms with van der Waals surface area (Å²) in [6, 6.07) is 0. The summed E-state index contributed by atoms with van der Waals surface area (Å²) in [7, 11) is 0. The number of ketones is 1. The Bertz CT molecular complexity index is 300. The molecule has 0 N–H and O–H groups in total. The van der Waals surface area contributed by atoms with Gasteiger partial charge in [-0.15, -0.1) is 6.58 Å². The predicted octanol–water partition coefficient (Wildman–Crippen LogP) is 2.98. The molecule has 14 heavy (non-hydrogen) atoms. The molecule has 0 amide bonds. The highest BCUT2D eigenvalue weighted by Gasteiger charge is 2.41. The lowest BCUT2D eigenvalue weighted by atomic mass is 9.82. The van der Waals surface area contributed by atoms with Gasteiger partial charge in [-0.05, 0) is 36.2 Å². The van der Waals surface area contributed by atoms with Crippen LogP contribution in [-0.4, -0.2) is 5.78 Å². The highest BCUT2D eigenvalue weighted by molar-refractivity contribution is 5.93. The molecule has 1 saturated carbocycles. The van der Waals surface area contributed by atoms with E-state index in [9.17, 15) is 4.79 Å². The molecule has 0 aromatic carbocycles. The molecule has 0 bridgehead atoms. The van der Waals surface area contributed by atoms with Crippen molar-refractivity contribution < 1.29 is 4.79 Å². The lowest BCUT2D eigenvalue weighted by molar-refractivity contribution is -0.114. The van der Waals surface area contributed by atoms with Crippen LogP contribution >= 0.6 is 0 Å².